The first-order chi connectivity index (χ1) is 46.5. The molecule has 30 heteroatoms. The summed E-state index contributed by atoms with van der Waals surface area (Å²) in [7, 11) is -2.18. The molecule has 1 saturated heterocycles. The zero-order chi connectivity index (χ0) is 69.8. The van der Waals surface area contributed by atoms with Gasteiger partial charge in [-0.1, -0.05) is 37.6 Å². The number of amides is 2. The van der Waals surface area contributed by atoms with Crippen molar-refractivity contribution in [2.75, 3.05) is 49.3 Å². The second kappa shape index (κ2) is 25.1. The lowest BCUT2D eigenvalue weighted by atomic mass is 9.77. The number of aromatic nitrogens is 8. The van der Waals surface area contributed by atoms with Gasteiger partial charge in [0.1, 0.15) is 51.6 Å². The third kappa shape index (κ3) is 11.8. The molecule has 1 aliphatic rings. The van der Waals surface area contributed by atoms with Crippen LogP contribution in [-0.4, -0.2) is 126 Å². The number of aryl methyl sites for hydroxylation is 2. The van der Waals surface area contributed by atoms with Crippen LogP contribution in [0.25, 0.3) is 109 Å². The summed E-state index contributed by atoms with van der Waals surface area (Å²) in [6.45, 7) is 11.7. The van der Waals surface area contributed by atoms with Crippen molar-refractivity contribution < 1.29 is 53.3 Å². The summed E-state index contributed by atoms with van der Waals surface area (Å²) in [5.41, 5.74) is 7.45. The van der Waals surface area contributed by atoms with Crippen molar-refractivity contribution >= 4 is 167 Å². The van der Waals surface area contributed by atoms with E-state index in [0.717, 1.165) is 60.5 Å². The van der Waals surface area contributed by atoms with E-state index in [0.29, 0.717) is 126 Å². The number of fused-ring (bicyclic) bond motifs is 12. The SMILES string of the molecule is CCc1ncc(-c2oc3cc(N(C)S(C)(=O)=O)c(-c4ccc5ncn6c7cccc(F)c7cc6c5n4)cc3c2C(=O)NC)s1.CCc1ncc(-c2oc3cc(N(C)S(C)(=O)=O)c(B4OC(C)(C)C(C)(C)O4)cc3c2C(=O)NC)s1.Fc1cccc2c1cc1c3nc(Cl)ccc3ncn21. The Kier molecular flexibility index (Phi) is 17.2. The number of thiazole rings is 2. The number of nitrogens with one attached hydrogen (secondary N) is 2. The Morgan fingerprint density at radius 1 is 0.602 bits per heavy atom. The fourth-order valence-corrected chi connectivity index (χ4v) is 14.5. The van der Waals surface area contributed by atoms with Crippen LogP contribution >= 0.6 is 34.3 Å². The van der Waals surface area contributed by atoms with Crippen molar-refractivity contribution in [1.82, 2.24) is 49.3 Å². The number of anilines is 2. The number of halogens is 3. The normalized spacial score (nSPS) is 13.8. The van der Waals surface area contributed by atoms with Crippen LogP contribution in [0.2, 0.25) is 5.15 Å². The van der Waals surface area contributed by atoms with Gasteiger partial charge < -0.3 is 28.8 Å². The fraction of sp³-hybridized carbons (Fsp3) is 0.235. The Hall–Kier alpha value is -9.49. The summed E-state index contributed by atoms with van der Waals surface area (Å²) in [6, 6.07) is 27.0. The Balaban J connectivity index is 0.000000142. The van der Waals surface area contributed by atoms with Crippen LogP contribution < -0.4 is 24.7 Å². The smallest absolute Gasteiger partial charge is 0.454 e. The second-order valence-electron chi connectivity index (χ2n) is 24.2. The van der Waals surface area contributed by atoms with Gasteiger partial charge in [0.05, 0.1) is 105 Å². The van der Waals surface area contributed by atoms with Gasteiger partial charge in [-0.3, -0.25) is 27.0 Å². The molecule has 0 unspecified atom stereocenters. The Labute approximate surface area is 573 Å². The molecule has 2 N–H and O–H groups in total. The lowest BCUT2D eigenvalue weighted by Gasteiger charge is -2.32. The molecule has 15 rings (SSSR count). The molecule has 0 radical (unpaired) electrons. The highest BCUT2D eigenvalue weighted by Gasteiger charge is 2.53. The van der Waals surface area contributed by atoms with Gasteiger partial charge in [-0.15, -0.1) is 22.7 Å². The van der Waals surface area contributed by atoms with Crippen molar-refractivity contribution in [2.24, 2.45) is 0 Å². The molecule has 22 nitrogen and oxygen atoms in total. The maximum absolute atomic E-state index is 14.7. The van der Waals surface area contributed by atoms with E-state index in [1.165, 1.54) is 55.9 Å². The van der Waals surface area contributed by atoms with E-state index in [1.54, 1.807) is 115 Å². The van der Waals surface area contributed by atoms with Crippen molar-refractivity contribution in [1.29, 1.82) is 0 Å². The molecular weight excluding hydrogens is 1360 g/mol. The highest BCUT2D eigenvalue weighted by atomic mass is 35.5. The first kappa shape index (κ1) is 67.1. The lowest BCUT2D eigenvalue weighted by molar-refractivity contribution is 0.00578. The number of furan rings is 2. The number of pyridine rings is 2. The van der Waals surface area contributed by atoms with Gasteiger partial charge >= 0.3 is 7.12 Å². The van der Waals surface area contributed by atoms with Gasteiger partial charge in [-0.2, -0.15) is 0 Å². The molecule has 1 aliphatic heterocycles. The highest BCUT2D eigenvalue weighted by Crippen LogP contribution is 2.45. The number of sulfonamides is 2. The van der Waals surface area contributed by atoms with Crippen LogP contribution in [0.15, 0.2) is 131 Å². The Morgan fingerprint density at radius 3 is 1.53 bits per heavy atom. The predicted octanol–water partition coefficient (Wildman–Crippen LogP) is 13.0. The largest absolute Gasteiger partial charge is 0.497 e. The summed E-state index contributed by atoms with van der Waals surface area (Å²) in [4.78, 5) is 54.6. The van der Waals surface area contributed by atoms with Crippen molar-refractivity contribution in [3.8, 4) is 32.5 Å². The first-order valence-electron chi connectivity index (χ1n) is 30.7. The molecule has 10 aromatic heterocycles. The molecule has 0 aliphatic carbocycles. The second-order valence-corrected chi connectivity index (χ2v) is 30.9. The van der Waals surface area contributed by atoms with Crippen LogP contribution in [0.4, 0.5) is 20.2 Å². The summed E-state index contributed by atoms with van der Waals surface area (Å²) < 4.78 is 110. The highest BCUT2D eigenvalue weighted by molar-refractivity contribution is 7.92. The molecule has 502 valence electrons. The van der Waals surface area contributed by atoms with E-state index in [1.807, 2.05) is 52.0 Å². The molecule has 1 fully saturated rings. The van der Waals surface area contributed by atoms with Crippen molar-refractivity contribution in [2.45, 2.75) is 65.6 Å². The first-order valence-corrected chi connectivity index (χ1v) is 36.4. The summed E-state index contributed by atoms with van der Waals surface area (Å²) in [5, 5.41) is 9.58. The summed E-state index contributed by atoms with van der Waals surface area (Å²) in [5.74, 6) is -0.565. The van der Waals surface area contributed by atoms with Crippen LogP contribution in [0, 0.1) is 11.6 Å². The van der Waals surface area contributed by atoms with Gasteiger partial charge in [-0.25, -0.2) is 55.5 Å². The standard InChI is InChI=1S/C31H25FN6O4S2.C23H30BN3O6S2.C14H7ClFN3/c1-5-27-34-14-26(43-27)30-28(31(39)33-2)18-11-17(23(13-25(18)42-30)37(3)44(4,40)41)20-9-10-21-29(36-20)24-12-16-19(32)7-6-8-22(16)38(24)15-35-21;1-9-18-26-12-17(34-18)20-19(21(28)25-6)13-10-14(24-32-22(2,3)23(4,5)33-24)15(11-16(13)31-20)27(7)35(8,29)30;15-13-5-4-10-14(18-13)12-6-8-9(16)2-1-3-11(8)19(12)7-17-10/h6-15H,5H2,1-4H3,(H,33,39);10-12H,9H2,1-8H3,(H,25,28);1-7H. The molecule has 0 atom stereocenters. The predicted molar refractivity (Wildman–Crippen MR) is 382 cm³/mol. The molecule has 11 heterocycles. The van der Waals surface area contributed by atoms with Gasteiger partial charge in [0.25, 0.3) is 11.8 Å². The molecule has 98 heavy (non-hydrogen) atoms. The molecule has 0 spiro atoms. The average molecular weight is 1420 g/mol. The Morgan fingerprint density at radius 2 is 1.06 bits per heavy atom. The number of carbonyl (C=O) groups is 2. The van der Waals surface area contributed by atoms with E-state index >= 15 is 0 Å². The number of carbonyl (C=O) groups excluding carboxylic acids is 2. The zero-order valence-corrected chi connectivity index (χ0v) is 58.9. The number of benzene rings is 4. The number of hydrogen-bond donors (Lipinski definition) is 2. The Bertz CT molecular complexity index is 5840. The van der Waals surface area contributed by atoms with Gasteiger partial charge in [0, 0.05) is 85.3 Å². The molecule has 0 saturated carbocycles. The monoisotopic (exact) mass is 1420 g/mol. The quantitative estimate of drug-likeness (QED) is 0.0850. The van der Waals surface area contributed by atoms with E-state index in [9.17, 15) is 35.2 Å². The molecular formula is C68H62BClF2N12O10S4. The fourth-order valence-electron chi connectivity index (χ4n) is 11.6. The number of rotatable bonds is 12. The van der Waals surface area contributed by atoms with E-state index in [-0.39, 0.29) is 23.4 Å². The van der Waals surface area contributed by atoms with Gasteiger partial charge in [0.2, 0.25) is 20.0 Å². The van der Waals surface area contributed by atoms with Crippen LogP contribution in [0.3, 0.4) is 0 Å². The number of hydrogen-bond acceptors (Lipinski definition) is 18. The molecule has 14 aromatic rings. The minimum atomic E-state index is -3.71. The van der Waals surface area contributed by atoms with E-state index in [4.69, 9.17) is 34.7 Å². The van der Waals surface area contributed by atoms with Gasteiger partial charge in [-0.05, 0) is 113 Å². The number of nitrogens with zero attached hydrogens (tertiary/aromatic N) is 10. The summed E-state index contributed by atoms with van der Waals surface area (Å²) in [6.07, 6.45) is 10.4. The van der Waals surface area contributed by atoms with E-state index < -0.39 is 38.4 Å². The van der Waals surface area contributed by atoms with Crippen LogP contribution in [-0.2, 0) is 42.2 Å². The molecule has 4 aromatic carbocycles. The van der Waals surface area contributed by atoms with E-state index in [2.05, 4.69) is 35.6 Å². The average Bonchev–Trinajstić information content (AvgIpc) is 1.66. The van der Waals surface area contributed by atoms with Crippen LogP contribution in [0.1, 0.15) is 72.3 Å². The maximum atomic E-state index is 14.7. The minimum absolute atomic E-state index is 0.253. The van der Waals surface area contributed by atoms with Crippen molar-refractivity contribution in [3.05, 3.63) is 160 Å². The molecule has 2 amide bonds. The third-order valence-corrected chi connectivity index (χ3v) is 22.5. The lowest BCUT2D eigenvalue weighted by Crippen LogP contribution is -2.41. The maximum Gasteiger partial charge on any atom is 0.497 e. The topological polar surface area (TPSA) is 264 Å². The van der Waals surface area contributed by atoms with Crippen molar-refractivity contribution in [3.63, 3.8) is 0 Å². The molecule has 0 bridgehead atoms. The van der Waals surface area contributed by atoms with Crippen LogP contribution in [0.5, 0.6) is 0 Å². The van der Waals surface area contributed by atoms with Gasteiger partial charge in [0.15, 0.2) is 11.5 Å². The third-order valence-electron chi connectivity index (χ3n) is 17.7. The zero-order valence-electron chi connectivity index (χ0n) is 54.9. The summed E-state index contributed by atoms with van der Waals surface area (Å²) >= 11 is 8.80. The minimum Gasteiger partial charge on any atom is -0.454 e.